The highest BCUT2D eigenvalue weighted by molar-refractivity contribution is 5.64. The zero-order valence-electron chi connectivity index (χ0n) is 11.5. The monoisotopic (exact) mass is 275 g/mol. The zero-order chi connectivity index (χ0) is 15.5. The van der Waals surface area contributed by atoms with Crippen LogP contribution in [0.1, 0.15) is 18.4 Å². The maximum Gasteiger partial charge on any atom is 0.130 e. The summed E-state index contributed by atoms with van der Waals surface area (Å²) in [4.78, 5) is 1.97. The van der Waals surface area contributed by atoms with Crippen LogP contribution >= 0.6 is 0 Å². The van der Waals surface area contributed by atoms with Crippen LogP contribution in [0.3, 0.4) is 0 Å². The van der Waals surface area contributed by atoms with Gasteiger partial charge in [0, 0.05) is 18.8 Å². The summed E-state index contributed by atoms with van der Waals surface area (Å²) in [7, 11) is 0. The van der Waals surface area contributed by atoms with E-state index in [2.05, 4.69) is 12.1 Å². The van der Waals surface area contributed by atoms with Gasteiger partial charge in [-0.05, 0) is 23.8 Å². The third-order valence-electron chi connectivity index (χ3n) is 2.80. The Hall–Kier alpha value is -3.28. The van der Waals surface area contributed by atoms with E-state index in [-0.39, 0.29) is 5.57 Å². The third-order valence-corrected chi connectivity index (χ3v) is 2.80. The molecular formula is C16H13N5. The van der Waals surface area contributed by atoms with Gasteiger partial charge in [-0.25, -0.2) is 0 Å². The van der Waals surface area contributed by atoms with Crippen molar-refractivity contribution < 1.29 is 0 Å². The molecule has 1 aromatic rings. The summed E-state index contributed by atoms with van der Waals surface area (Å²) in [5.41, 5.74) is 1.72. The number of benzene rings is 1. The second-order valence-corrected chi connectivity index (χ2v) is 4.18. The van der Waals surface area contributed by atoms with Crippen molar-refractivity contribution in [2.45, 2.75) is 12.8 Å². The first kappa shape index (κ1) is 15.8. The van der Waals surface area contributed by atoms with Crippen molar-refractivity contribution in [1.82, 2.24) is 0 Å². The Kier molecular flexibility index (Phi) is 6.58. The number of nitrogens with zero attached hydrogens (tertiary/aromatic N) is 5. The largest absolute Gasteiger partial charge is 0.369 e. The lowest BCUT2D eigenvalue weighted by atomic mass is 10.1. The van der Waals surface area contributed by atoms with Crippen LogP contribution in [0, 0.1) is 45.3 Å². The summed E-state index contributed by atoms with van der Waals surface area (Å²) in [5.74, 6) is 0. The summed E-state index contributed by atoms with van der Waals surface area (Å²) in [6.45, 7) is 1.13. The molecule has 0 aliphatic rings. The van der Waals surface area contributed by atoms with Gasteiger partial charge < -0.3 is 4.90 Å². The minimum absolute atomic E-state index is 0.0496. The van der Waals surface area contributed by atoms with Gasteiger partial charge in [0.15, 0.2) is 0 Å². The molecule has 5 heteroatoms. The lowest BCUT2D eigenvalue weighted by Crippen LogP contribution is -2.25. The number of rotatable bonds is 6. The molecule has 0 saturated heterocycles. The van der Waals surface area contributed by atoms with E-state index in [9.17, 15) is 0 Å². The van der Waals surface area contributed by atoms with Crippen LogP contribution in [0.25, 0.3) is 6.08 Å². The Morgan fingerprint density at radius 3 is 1.86 bits per heavy atom. The van der Waals surface area contributed by atoms with Crippen molar-refractivity contribution in [3.63, 3.8) is 0 Å². The summed E-state index contributed by atoms with van der Waals surface area (Å²) in [6.07, 6.45) is 2.29. The van der Waals surface area contributed by atoms with Gasteiger partial charge in [-0.15, -0.1) is 0 Å². The van der Waals surface area contributed by atoms with Crippen LogP contribution in [0.2, 0.25) is 0 Å². The van der Waals surface area contributed by atoms with E-state index in [1.165, 1.54) is 6.08 Å². The first-order valence-corrected chi connectivity index (χ1v) is 6.36. The SMILES string of the molecule is N#CCCN(CCC#N)c1ccc(C=C(C#N)C#N)cc1. The molecule has 0 spiro atoms. The molecule has 0 heterocycles. The van der Waals surface area contributed by atoms with Crippen LogP contribution in [-0.4, -0.2) is 13.1 Å². The van der Waals surface area contributed by atoms with Crippen molar-refractivity contribution in [3.8, 4) is 24.3 Å². The molecule has 0 bridgehead atoms. The third kappa shape index (κ3) is 5.07. The molecule has 0 aliphatic heterocycles. The molecule has 0 amide bonds. The molecule has 0 aromatic heterocycles. The van der Waals surface area contributed by atoms with Crippen LogP contribution in [0.4, 0.5) is 5.69 Å². The molecule has 0 atom stereocenters. The molecule has 21 heavy (non-hydrogen) atoms. The second-order valence-electron chi connectivity index (χ2n) is 4.18. The fourth-order valence-electron chi connectivity index (χ4n) is 1.78. The van der Waals surface area contributed by atoms with E-state index in [4.69, 9.17) is 21.0 Å². The van der Waals surface area contributed by atoms with E-state index in [1.807, 2.05) is 29.2 Å². The Balaban J connectivity index is 2.90. The number of allylic oxidation sites excluding steroid dienone is 1. The minimum Gasteiger partial charge on any atom is -0.369 e. The van der Waals surface area contributed by atoms with Crippen molar-refractivity contribution >= 4 is 11.8 Å². The predicted octanol–water partition coefficient (Wildman–Crippen LogP) is 2.75. The van der Waals surface area contributed by atoms with Gasteiger partial charge in [0.05, 0.1) is 25.0 Å². The molecule has 0 unspecified atom stereocenters. The predicted molar refractivity (Wildman–Crippen MR) is 78.3 cm³/mol. The summed E-state index contributed by atoms with van der Waals surface area (Å²) < 4.78 is 0. The molecule has 0 saturated carbocycles. The van der Waals surface area contributed by atoms with Crippen molar-refractivity contribution in [1.29, 1.82) is 21.0 Å². The quantitative estimate of drug-likeness (QED) is 0.743. The summed E-state index contributed by atoms with van der Waals surface area (Å²) >= 11 is 0. The fourth-order valence-corrected chi connectivity index (χ4v) is 1.78. The maximum atomic E-state index is 8.71. The van der Waals surface area contributed by atoms with E-state index in [0.29, 0.717) is 25.9 Å². The molecule has 1 aromatic carbocycles. The summed E-state index contributed by atoms with van der Waals surface area (Å²) in [5, 5.41) is 34.8. The first-order chi connectivity index (χ1) is 10.2. The van der Waals surface area contributed by atoms with Gasteiger partial charge in [0.25, 0.3) is 0 Å². The van der Waals surface area contributed by atoms with Crippen LogP contribution < -0.4 is 4.90 Å². The molecule has 0 aliphatic carbocycles. The van der Waals surface area contributed by atoms with E-state index in [1.54, 1.807) is 12.1 Å². The minimum atomic E-state index is 0.0496. The standard InChI is InChI=1S/C16H13N5/c17-7-1-9-21(10-2-8-18)16-5-3-14(4-6-16)11-15(12-19)13-20/h3-6,11H,1-2,9-10H2. The number of hydrogen-bond donors (Lipinski definition) is 0. The van der Waals surface area contributed by atoms with E-state index < -0.39 is 0 Å². The van der Waals surface area contributed by atoms with Gasteiger partial charge in [-0.3, -0.25) is 0 Å². The molecular weight excluding hydrogens is 262 g/mol. The van der Waals surface area contributed by atoms with Crippen molar-refractivity contribution in [2.75, 3.05) is 18.0 Å². The van der Waals surface area contributed by atoms with Crippen LogP contribution in [0.5, 0.6) is 0 Å². The molecule has 1 rings (SSSR count). The van der Waals surface area contributed by atoms with E-state index >= 15 is 0 Å². The smallest absolute Gasteiger partial charge is 0.130 e. The normalized spacial score (nSPS) is 8.57. The van der Waals surface area contributed by atoms with Gasteiger partial charge >= 0.3 is 0 Å². The van der Waals surface area contributed by atoms with Gasteiger partial charge in [-0.2, -0.15) is 21.0 Å². The highest BCUT2D eigenvalue weighted by atomic mass is 15.1. The maximum absolute atomic E-state index is 8.71. The number of anilines is 1. The fraction of sp³-hybridized carbons (Fsp3) is 0.250. The van der Waals surface area contributed by atoms with Gasteiger partial charge in [-0.1, -0.05) is 12.1 Å². The highest BCUT2D eigenvalue weighted by Crippen LogP contribution is 2.17. The van der Waals surface area contributed by atoms with Crippen LogP contribution in [0.15, 0.2) is 29.8 Å². The van der Waals surface area contributed by atoms with E-state index in [0.717, 1.165) is 11.3 Å². The van der Waals surface area contributed by atoms with Crippen LogP contribution in [-0.2, 0) is 0 Å². The molecule has 0 fully saturated rings. The van der Waals surface area contributed by atoms with Crippen molar-refractivity contribution in [2.24, 2.45) is 0 Å². The van der Waals surface area contributed by atoms with Gasteiger partial charge in [0.2, 0.25) is 0 Å². The van der Waals surface area contributed by atoms with Crippen molar-refractivity contribution in [3.05, 3.63) is 35.4 Å². The lowest BCUT2D eigenvalue weighted by molar-refractivity contribution is 0.796. The Morgan fingerprint density at radius 2 is 1.43 bits per heavy atom. The van der Waals surface area contributed by atoms with Gasteiger partial charge in [0.1, 0.15) is 17.7 Å². The molecule has 0 radical (unpaired) electrons. The zero-order valence-corrected chi connectivity index (χ0v) is 11.5. The molecule has 5 nitrogen and oxygen atoms in total. The second kappa shape index (κ2) is 8.76. The topological polar surface area (TPSA) is 98.4 Å². The lowest BCUT2D eigenvalue weighted by Gasteiger charge is -2.22. The summed E-state index contributed by atoms with van der Waals surface area (Å²) in [6, 6.07) is 15.1. The average Bonchev–Trinajstić information content (AvgIpc) is 2.53. The Labute approximate surface area is 124 Å². The highest BCUT2D eigenvalue weighted by Gasteiger charge is 2.05. The molecule has 0 N–H and O–H groups in total. The number of nitriles is 4. The molecule has 102 valence electrons. The average molecular weight is 275 g/mol. The number of hydrogen-bond acceptors (Lipinski definition) is 5. The Bertz CT molecular complexity index is 625. The Morgan fingerprint density at radius 1 is 0.905 bits per heavy atom. The first-order valence-electron chi connectivity index (χ1n) is 6.36.